The summed E-state index contributed by atoms with van der Waals surface area (Å²) in [5.74, 6) is 2.05. The Morgan fingerprint density at radius 1 is 1.39 bits per heavy atom. The molecule has 4 heteroatoms. The molecule has 0 aliphatic heterocycles. The average Bonchev–Trinajstić information content (AvgIpc) is 3.11. The van der Waals surface area contributed by atoms with Crippen LogP contribution in [-0.4, -0.2) is 16.7 Å². The zero-order valence-electron chi connectivity index (χ0n) is 11.1. The van der Waals surface area contributed by atoms with E-state index in [2.05, 4.69) is 29.5 Å². The molecule has 2 aromatic rings. The number of imidazole rings is 1. The molecule has 0 radical (unpaired) electrons. The van der Waals surface area contributed by atoms with Gasteiger partial charge in [-0.25, -0.2) is 4.98 Å². The van der Waals surface area contributed by atoms with Gasteiger partial charge in [0, 0.05) is 5.54 Å². The molecule has 0 bridgehead atoms. The third-order valence-corrected chi connectivity index (χ3v) is 4.05. The molecule has 1 aromatic heterocycles. The highest BCUT2D eigenvalue weighted by Gasteiger charge is 2.41. The Bertz CT molecular complexity index is 596. The van der Waals surface area contributed by atoms with Gasteiger partial charge in [-0.05, 0) is 44.7 Å². The Morgan fingerprint density at radius 3 is 2.72 bits per heavy atom. The number of ether oxygens (including phenoxy) is 1. The molecule has 0 atom stereocenters. The SMILES string of the molecule is COc1cccc2c1nc(N)n2C(C)(C)C1CC1. The molecule has 0 amide bonds. The van der Waals surface area contributed by atoms with Crippen molar-refractivity contribution < 1.29 is 4.74 Å². The highest BCUT2D eigenvalue weighted by molar-refractivity contribution is 5.84. The minimum Gasteiger partial charge on any atom is -0.494 e. The van der Waals surface area contributed by atoms with Crippen molar-refractivity contribution in [3.05, 3.63) is 18.2 Å². The number of hydrogen-bond donors (Lipinski definition) is 1. The summed E-state index contributed by atoms with van der Waals surface area (Å²) < 4.78 is 7.51. The van der Waals surface area contributed by atoms with Crippen molar-refractivity contribution in [3.8, 4) is 5.75 Å². The van der Waals surface area contributed by atoms with Gasteiger partial charge in [-0.1, -0.05) is 6.07 Å². The predicted octanol–water partition coefficient (Wildman–Crippen LogP) is 2.77. The molecule has 1 aliphatic rings. The largest absolute Gasteiger partial charge is 0.494 e. The maximum Gasteiger partial charge on any atom is 0.201 e. The molecule has 1 aromatic carbocycles. The van der Waals surface area contributed by atoms with E-state index in [0.29, 0.717) is 11.9 Å². The molecule has 2 N–H and O–H groups in total. The van der Waals surface area contributed by atoms with Crippen LogP contribution in [0.25, 0.3) is 11.0 Å². The fourth-order valence-corrected chi connectivity index (χ4v) is 2.83. The average molecular weight is 245 g/mol. The van der Waals surface area contributed by atoms with Crippen LogP contribution in [0.4, 0.5) is 5.95 Å². The van der Waals surface area contributed by atoms with E-state index in [1.165, 1.54) is 12.8 Å². The molecular formula is C14H19N3O. The molecule has 1 heterocycles. The van der Waals surface area contributed by atoms with Gasteiger partial charge < -0.3 is 15.0 Å². The molecule has 1 saturated carbocycles. The molecular weight excluding hydrogens is 226 g/mol. The van der Waals surface area contributed by atoms with Crippen LogP contribution >= 0.6 is 0 Å². The lowest BCUT2D eigenvalue weighted by molar-refractivity contribution is 0.318. The lowest BCUT2D eigenvalue weighted by atomic mass is 9.98. The minimum absolute atomic E-state index is 0.0190. The number of benzene rings is 1. The van der Waals surface area contributed by atoms with Gasteiger partial charge in [-0.3, -0.25) is 0 Å². The molecule has 1 aliphatic carbocycles. The molecule has 1 fully saturated rings. The van der Waals surface area contributed by atoms with Crippen LogP contribution < -0.4 is 10.5 Å². The van der Waals surface area contributed by atoms with Gasteiger partial charge in [-0.2, -0.15) is 0 Å². The van der Waals surface area contributed by atoms with Crippen LogP contribution in [-0.2, 0) is 5.54 Å². The van der Waals surface area contributed by atoms with E-state index < -0.39 is 0 Å². The molecule has 0 spiro atoms. The maximum atomic E-state index is 6.12. The van der Waals surface area contributed by atoms with Crippen molar-refractivity contribution in [2.45, 2.75) is 32.2 Å². The van der Waals surface area contributed by atoms with Crippen molar-refractivity contribution in [2.75, 3.05) is 12.8 Å². The highest BCUT2D eigenvalue weighted by atomic mass is 16.5. The first-order valence-electron chi connectivity index (χ1n) is 6.37. The van der Waals surface area contributed by atoms with Crippen LogP contribution in [0.5, 0.6) is 5.75 Å². The first kappa shape index (κ1) is 11.4. The third kappa shape index (κ3) is 1.48. The van der Waals surface area contributed by atoms with Crippen LogP contribution in [0.1, 0.15) is 26.7 Å². The number of para-hydroxylation sites is 1. The van der Waals surface area contributed by atoms with Crippen LogP contribution in [0.3, 0.4) is 0 Å². The number of nitrogens with two attached hydrogens (primary N) is 1. The number of rotatable bonds is 3. The molecule has 3 rings (SSSR count). The molecule has 0 unspecified atom stereocenters. The van der Waals surface area contributed by atoms with Gasteiger partial charge in [0.15, 0.2) is 0 Å². The summed E-state index contributed by atoms with van der Waals surface area (Å²) in [5, 5.41) is 0. The van der Waals surface area contributed by atoms with E-state index in [-0.39, 0.29) is 5.54 Å². The van der Waals surface area contributed by atoms with E-state index >= 15 is 0 Å². The number of hydrogen-bond acceptors (Lipinski definition) is 3. The summed E-state index contributed by atoms with van der Waals surface area (Å²) >= 11 is 0. The summed E-state index contributed by atoms with van der Waals surface area (Å²) in [6, 6.07) is 5.97. The number of nitrogens with zero attached hydrogens (tertiary/aromatic N) is 2. The summed E-state index contributed by atoms with van der Waals surface area (Å²) in [4.78, 5) is 4.48. The van der Waals surface area contributed by atoms with E-state index in [1.807, 2.05) is 12.1 Å². The van der Waals surface area contributed by atoms with E-state index in [1.54, 1.807) is 7.11 Å². The lowest BCUT2D eigenvalue weighted by Gasteiger charge is -2.28. The number of nitrogen functional groups attached to an aromatic ring is 1. The number of anilines is 1. The van der Waals surface area contributed by atoms with Crippen LogP contribution in [0.2, 0.25) is 0 Å². The lowest BCUT2D eigenvalue weighted by Crippen LogP contribution is -2.29. The Labute approximate surface area is 107 Å². The predicted molar refractivity (Wildman–Crippen MR) is 72.7 cm³/mol. The Kier molecular flexibility index (Phi) is 2.30. The first-order chi connectivity index (χ1) is 8.55. The summed E-state index contributed by atoms with van der Waals surface area (Å²) in [6.45, 7) is 4.48. The Hall–Kier alpha value is -1.71. The second-order valence-electron chi connectivity index (χ2n) is 5.56. The Balaban J connectivity index is 2.26. The van der Waals surface area contributed by atoms with Crippen LogP contribution in [0.15, 0.2) is 18.2 Å². The second kappa shape index (κ2) is 3.64. The van der Waals surface area contributed by atoms with E-state index in [4.69, 9.17) is 10.5 Å². The number of methoxy groups -OCH3 is 1. The van der Waals surface area contributed by atoms with E-state index in [9.17, 15) is 0 Å². The molecule has 0 saturated heterocycles. The smallest absolute Gasteiger partial charge is 0.201 e. The van der Waals surface area contributed by atoms with Crippen molar-refractivity contribution in [3.63, 3.8) is 0 Å². The second-order valence-corrected chi connectivity index (χ2v) is 5.56. The van der Waals surface area contributed by atoms with Gasteiger partial charge in [0.25, 0.3) is 0 Å². The quantitative estimate of drug-likeness (QED) is 0.904. The van der Waals surface area contributed by atoms with Gasteiger partial charge in [0.1, 0.15) is 11.3 Å². The summed E-state index contributed by atoms with van der Waals surface area (Å²) in [7, 11) is 1.66. The van der Waals surface area contributed by atoms with Crippen molar-refractivity contribution in [1.29, 1.82) is 0 Å². The molecule has 96 valence electrons. The standard InChI is InChI=1S/C14H19N3O/c1-14(2,9-7-8-9)17-10-5-4-6-11(18-3)12(10)16-13(17)15/h4-6,9H,7-8H2,1-3H3,(H2,15,16). The van der Waals surface area contributed by atoms with Gasteiger partial charge in [0.05, 0.1) is 12.6 Å². The fourth-order valence-electron chi connectivity index (χ4n) is 2.83. The third-order valence-electron chi connectivity index (χ3n) is 4.05. The van der Waals surface area contributed by atoms with Gasteiger partial charge in [-0.15, -0.1) is 0 Å². The highest BCUT2D eigenvalue weighted by Crippen LogP contribution is 2.46. The Morgan fingerprint density at radius 2 is 2.11 bits per heavy atom. The summed E-state index contributed by atoms with van der Waals surface area (Å²) in [6.07, 6.45) is 2.55. The first-order valence-corrected chi connectivity index (χ1v) is 6.37. The minimum atomic E-state index is 0.0190. The van der Waals surface area contributed by atoms with Gasteiger partial charge in [0.2, 0.25) is 5.95 Å². The van der Waals surface area contributed by atoms with Gasteiger partial charge >= 0.3 is 0 Å². The van der Waals surface area contributed by atoms with Crippen molar-refractivity contribution >= 4 is 17.0 Å². The normalized spacial score (nSPS) is 16.2. The maximum absolute atomic E-state index is 6.12. The molecule has 18 heavy (non-hydrogen) atoms. The molecule has 4 nitrogen and oxygen atoms in total. The monoisotopic (exact) mass is 245 g/mol. The van der Waals surface area contributed by atoms with Crippen molar-refractivity contribution in [2.24, 2.45) is 5.92 Å². The zero-order valence-corrected chi connectivity index (χ0v) is 11.1. The summed E-state index contributed by atoms with van der Waals surface area (Å²) in [5.41, 5.74) is 8.06. The van der Waals surface area contributed by atoms with Crippen molar-refractivity contribution in [1.82, 2.24) is 9.55 Å². The topological polar surface area (TPSA) is 53.1 Å². The number of fused-ring (bicyclic) bond motifs is 1. The fraction of sp³-hybridized carbons (Fsp3) is 0.500. The number of aromatic nitrogens is 2. The van der Waals surface area contributed by atoms with E-state index in [0.717, 1.165) is 16.8 Å². The zero-order chi connectivity index (χ0) is 12.9. The van der Waals surface area contributed by atoms with Crippen LogP contribution in [0, 0.1) is 5.92 Å².